The number of nitrogens with zero attached hydrogens (tertiary/aromatic N) is 3. The van der Waals surface area contributed by atoms with Crippen LogP contribution in [0.4, 0.5) is 5.69 Å². The van der Waals surface area contributed by atoms with Crippen molar-refractivity contribution in [1.29, 1.82) is 0 Å². The summed E-state index contributed by atoms with van der Waals surface area (Å²) in [6.07, 6.45) is 2.32. The number of thioether (sulfide) groups is 1. The fraction of sp³-hybridized carbons (Fsp3) is 0.318. The topological polar surface area (TPSA) is 69.0 Å². The molecule has 3 aromatic rings. The van der Waals surface area contributed by atoms with Gasteiger partial charge in [0.15, 0.2) is 5.16 Å². The van der Waals surface area contributed by atoms with Gasteiger partial charge in [-0.15, -0.1) is 10.2 Å². The maximum atomic E-state index is 12.3. The van der Waals surface area contributed by atoms with E-state index < -0.39 is 0 Å². The lowest BCUT2D eigenvalue weighted by Crippen LogP contribution is -2.15. The number of ether oxygens (including phenoxy) is 1. The van der Waals surface area contributed by atoms with E-state index in [9.17, 15) is 4.79 Å². The summed E-state index contributed by atoms with van der Waals surface area (Å²) in [5, 5.41) is 13.2. The SMILES string of the molecule is CCc1ccccc1NC(=O)CSc1nnc(CCCOc2ccc(Cl)cc2Cl)n1C. The number of nitrogens with one attached hydrogen (secondary N) is 1. The third-order valence-corrected chi connectivity index (χ3v) is 6.18. The van der Waals surface area contributed by atoms with Gasteiger partial charge in [0.2, 0.25) is 5.91 Å². The highest BCUT2D eigenvalue weighted by atomic mass is 35.5. The summed E-state index contributed by atoms with van der Waals surface area (Å²) in [7, 11) is 1.90. The van der Waals surface area contributed by atoms with Gasteiger partial charge < -0.3 is 14.6 Å². The first kappa shape index (κ1) is 23.4. The molecule has 0 spiro atoms. The van der Waals surface area contributed by atoms with Crippen LogP contribution >= 0.6 is 35.0 Å². The molecule has 3 rings (SSSR count). The maximum Gasteiger partial charge on any atom is 0.234 e. The molecule has 0 atom stereocenters. The fourth-order valence-electron chi connectivity index (χ4n) is 2.96. The summed E-state index contributed by atoms with van der Waals surface area (Å²) < 4.78 is 7.62. The number of carbonyl (C=O) groups is 1. The third-order valence-electron chi connectivity index (χ3n) is 4.63. The highest BCUT2D eigenvalue weighted by Crippen LogP contribution is 2.27. The second-order valence-electron chi connectivity index (χ2n) is 6.83. The van der Waals surface area contributed by atoms with Gasteiger partial charge in [0.05, 0.1) is 17.4 Å². The van der Waals surface area contributed by atoms with Crippen LogP contribution in [0.5, 0.6) is 5.75 Å². The molecule has 9 heteroatoms. The van der Waals surface area contributed by atoms with E-state index in [0.717, 1.165) is 29.9 Å². The van der Waals surface area contributed by atoms with Crippen LogP contribution in [0.15, 0.2) is 47.6 Å². The molecule has 0 aliphatic rings. The quantitative estimate of drug-likeness (QED) is 0.310. The van der Waals surface area contributed by atoms with Crippen LogP contribution in [-0.4, -0.2) is 33.0 Å². The minimum Gasteiger partial charge on any atom is -0.492 e. The van der Waals surface area contributed by atoms with E-state index >= 15 is 0 Å². The standard InChI is InChI=1S/C22H24Cl2N4O2S/c1-3-15-7-4-5-8-18(15)25-21(29)14-31-22-27-26-20(28(22)2)9-6-12-30-19-11-10-16(23)13-17(19)24/h4-5,7-8,10-11,13H,3,6,9,12,14H2,1-2H3,(H,25,29). The van der Waals surface area contributed by atoms with Crippen LogP contribution in [0.25, 0.3) is 0 Å². The number of para-hydroxylation sites is 1. The molecule has 2 aromatic carbocycles. The van der Waals surface area contributed by atoms with Gasteiger partial charge in [0, 0.05) is 24.2 Å². The molecule has 0 bridgehead atoms. The Morgan fingerprint density at radius 3 is 2.77 bits per heavy atom. The molecule has 0 radical (unpaired) electrons. The zero-order valence-electron chi connectivity index (χ0n) is 17.4. The first-order valence-electron chi connectivity index (χ1n) is 9.94. The van der Waals surface area contributed by atoms with Crippen molar-refractivity contribution in [2.24, 2.45) is 7.05 Å². The van der Waals surface area contributed by atoms with E-state index in [1.807, 2.05) is 35.9 Å². The lowest BCUT2D eigenvalue weighted by Gasteiger charge is -2.09. The van der Waals surface area contributed by atoms with E-state index in [1.165, 1.54) is 11.8 Å². The average Bonchev–Trinajstić information content (AvgIpc) is 3.11. The minimum atomic E-state index is -0.0660. The number of amides is 1. The van der Waals surface area contributed by atoms with Crippen molar-refractivity contribution in [3.63, 3.8) is 0 Å². The van der Waals surface area contributed by atoms with Crippen LogP contribution in [-0.2, 0) is 24.7 Å². The number of hydrogen-bond acceptors (Lipinski definition) is 5. The highest BCUT2D eigenvalue weighted by molar-refractivity contribution is 7.99. The first-order chi connectivity index (χ1) is 15.0. The van der Waals surface area contributed by atoms with Crippen LogP contribution in [0.1, 0.15) is 24.7 Å². The normalized spacial score (nSPS) is 10.8. The molecule has 1 N–H and O–H groups in total. The van der Waals surface area contributed by atoms with Crippen molar-refractivity contribution >= 4 is 46.6 Å². The summed E-state index contributed by atoms with van der Waals surface area (Å²) in [5.41, 5.74) is 1.97. The van der Waals surface area contributed by atoms with Gasteiger partial charge in [-0.25, -0.2) is 0 Å². The Morgan fingerprint density at radius 2 is 2.00 bits per heavy atom. The molecular formula is C22H24Cl2N4O2S. The Kier molecular flexibility index (Phi) is 8.63. The zero-order chi connectivity index (χ0) is 22.2. The van der Waals surface area contributed by atoms with Crippen molar-refractivity contribution in [3.05, 3.63) is 63.9 Å². The number of halogens is 2. The van der Waals surface area contributed by atoms with Crippen LogP contribution in [0, 0.1) is 0 Å². The lowest BCUT2D eigenvalue weighted by molar-refractivity contribution is -0.113. The van der Waals surface area contributed by atoms with E-state index in [0.29, 0.717) is 34.0 Å². The van der Waals surface area contributed by atoms with Gasteiger partial charge in [-0.2, -0.15) is 0 Å². The molecule has 0 aliphatic heterocycles. The van der Waals surface area contributed by atoms with Crippen molar-refractivity contribution in [3.8, 4) is 5.75 Å². The largest absolute Gasteiger partial charge is 0.492 e. The molecule has 0 saturated carbocycles. The van der Waals surface area contributed by atoms with Crippen molar-refractivity contribution in [2.45, 2.75) is 31.3 Å². The summed E-state index contributed by atoms with van der Waals surface area (Å²) in [6, 6.07) is 13.0. The molecular weight excluding hydrogens is 455 g/mol. The maximum absolute atomic E-state index is 12.3. The van der Waals surface area contributed by atoms with Crippen LogP contribution in [0.3, 0.4) is 0 Å². The second kappa shape index (κ2) is 11.4. The number of rotatable bonds is 10. The number of aromatic nitrogens is 3. The third kappa shape index (κ3) is 6.63. The van der Waals surface area contributed by atoms with Gasteiger partial charge in [0.25, 0.3) is 0 Å². The fourth-order valence-corrected chi connectivity index (χ4v) is 4.15. The summed E-state index contributed by atoms with van der Waals surface area (Å²) in [6.45, 7) is 2.56. The Labute approximate surface area is 196 Å². The molecule has 1 amide bonds. The molecule has 1 aromatic heterocycles. The van der Waals surface area contributed by atoms with Crippen molar-refractivity contribution in [1.82, 2.24) is 14.8 Å². The summed E-state index contributed by atoms with van der Waals surface area (Å²) in [5.74, 6) is 1.65. The number of hydrogen-bond donors (Lipinski definition) is 1. The summed E-state index contributed by atoms with van der Waals surface area (Å²) >= 11 is 13.4. The van der Waals surface area contributed by atoms with Gasteiger partial charge >= 0.3 is 0 Å². The number of carbonyl (C=O) groups excluding carboxylic acids is 1. The molecule has 164 valence electrons. The minimum absolute atomic E-state index is 0.0660. The van der Waals surface area contributed by atoms with Gasteiger partial charge in [-0.05, 0) is 42.7 Å². The lowest BCUT2D eigenvalue weighted by atomic mass is 10.1. The predicted molar refractivity (Wildman–Crippen MR) is 126 cm³/mol. The Morgan fingerprint density at radius 1 is 1.19 bits per heavy atom. The molecule has 1 heterocycles. The smallest absolute Gasteiger partial charge is 0.234 e. The molecule has 31 heavy (non-hydrogen) atoms. The van der Waals surface area contributed by atoms with Gasteiger partial charge in [-0.3, -0.25) is 4.79 Å². The molecule has 0 fully saturated rings. The van der Waals surface area contributed by atoms with Crippen LogP contribution in [0.2, 0.25) is 10.0 Å². The van der Waals surface area contributed by atoms with Gasteiger partial charge in [0.1, 0.15) is 11.6 Å². The first-order valence-corrected chi connectivity index (χ1v) is 11.7. The monoisotopic (exact) mass is 478 g/mol. The number of anilines is 1. The zero-order valence-corrected chi connectivity index (χ0v) is 19.7. The van der Waals surface area contributed by atoms with E-state index in [1.54, 1.807) is 18.2 Å². The van der Waals surface area contributed by atoms with Crippen molar-refractivity contribution in [2.75, 3.05) is 17.7 Å². The molecule has 6 nitrogen and oxygen atoms in total. The van der Waals surface area contributed by atoms with E-state index in [-0.39, 0.29) is 11.7 Å². The Bertz CT molecular complexity index is 1040. The molecule has 0 aliphatic carbocycles. The number of benzene rings is 2. The molecule has 0 unspecified atom stereocenters. The summed E-state index contributed by atoms with van der Waals surface area (Å²) in [4.78, 5) is 12.3. The average molecular weight is 479 g/mol. The predicted octanol–water partition coefficient (Wildman–Crippen LogP) is 5.43. The molecule has 0 saturated heterocycles. The second-order valence-corrected chi connectivity index (χ2v) is 8.62. The highest BCUT2D eigenvalue weighted by Gasteiger charge is 2.12. The van der Waals surface area contributed by atoms with E-state index in [2.05, 4.69) is 22.4 Å². The van der Waals surface area contributed by atoms with E-state index in [4.69, 9.17) is 27.9 Å². The van der Waals surface area contributed by atoms with Gasteiger partial charge in [-0.1, -0.05) is 60.1 Å². The van der Waals surface area contributed by atoms with Crippen LogP contribution < -0.4 is 10.1 Å². The number of aryl methyl sites for hydroxylation is 2. The Balaban J connectivity index is 1.45. The van der Waals surface area contributed by atoms with Crippen molar-refractivity contribution < 1.29 is 9.53 Å². The Hall–Kier alpha value is -2.22.